The predicted molar refractivity (Wildman–Crippen MR) is 67.1 cm³/mol. The zero-order valence-corrected chi connectivity index (χ0v) is 9.91. The number of fused-ring (bicyclic) bond motifs is 1. The van der Waals surface area contributed by atoms with E-state index in [0.29, 0.717) is 18.0 Å². The molecule has 0 bridgehead atoms. The minimum Gasteiger partial charge on any atom is -0.361 e. The number of hydrogen-bond donors (Lipinski definition) is 1. The van der Waals surface area contributed by atoms with Gasteiger partial charge in [0.25, 0.3) is 0 Å². The number of aromatic nitrogens is 5. The van der Waals surface area contributed by atoms with Gasteiger partial charge in [-0.25, -0.2) is 4.98 Å². The van der Waals surface area contributed by atoms with Gasteiger partial charge in [-0.2, -0.15) is 0 Å². The maximum absolute atomic E-state index is 4.42. The summed E-state index contributed by atoms with van der Waals surface area (Å²) in [7, 11) is 0. The van der Waals surface area contributed by atoms with Crippen LogP contribution in [-0.4, -0.2) is 24.6 Å². The SMILES string of the molecule is Cc1cccc(CNc2nccn3cnnc23)n1. The van der Waals surface area contributed by atoms with Gasteiger partial charge in [0.2, 0.25) is 5.65 Å². The summed E-state index contributed by atoms with van der Waals surface area (Å²) in [6.45, 7) is 2.59. The maximum atomic E-state index is 4.42. The third-order valence-corrected chi connectivity index (χ3v) is 2.60. The van der Waals surface area contributed by atoms with Gasteiger partial charge in [-0.05, 0) is 19.1 Å². The minimum atomic E-state index is 0.612. The summed E-state index contributed by atoms with van der Waals surface area (Å²) in [6.07, 6.45) is 5.17. The van der Waals surface area contributed by atoms with E-state index in [0.717, 1.165) is 11.4 Å². The average molecular weight is 240 g/mol. The summed E-state index contributed by atoms with van der Waals surface area (Å²) in [5, 5.41) is 11.1. The van der Waals surface area contributed by atoms with Crippen LogP contribution in [0.4, 0.5) is 5.82 Å². The van der Waals surface area contributed by atoms with Gasteiger partial charge in [0.15, 0.2) is 5.82 Å². The fourth-order valence-electron chi connectivity index (χ4n) is 1.76. The van der Waals surface area contributed by atoms with Crippen LogP contribution in [0.25, 0.3) is 5.65 Å². The van der Waals surface area contributed by atoms with E-state index in [1.807, 2.05) is 35.7 Å². The number of rotatable bonds is 3. The molecule has 1 N–H and O–H groups in total. The Morgan fingerprint density at radius 3 is 3.17 bits per heavy atom. The first-order valence-electron chi connectivity index (χ1n) is 5.64. The van der Waals surface area contributed by atoms with E-state index in [2.05, 4.69) is 25.5 Å². The fraction of sp³-hybridized carbons (Fsp3) is 0.167. The Labute approximate surface area is 104 Å². The summed E-state index contributed by atoms with van der Waals surface area (Å²) in [4.78, 5) is 8.68. The number of hydrogen-bond acceptors (Lipinski definition) is 5. The summed E-state index contributed by atoms with van der Waals surface area (Å²) >= 11 is 0. The van der Waals surface area contributed by atoms with Crippen LogP contribution in [0.2, 0.25) is 0 Å². The molecule has 90 valence electrons. The lowest BCUT2D eigenvalue weighted by Crippen LogP contribution is -2.05. The second-order valence-corrected chi connectivity index (χ2v) is 3.96. The average Bonchev–Trinajstić information content (AvgIpc) is 2.85. The highest BCUT2D eigenvalue weighted by Crippen LogP contribution is 2.10. The lowest BCUT2D eigenvalue weighted by molar-refractivity contribution is 0.996. The molecule has 6 nitrogen and oxygen atoms in total. The third kappa shape index (κ3) is 2.00. The zero-order chi connectivity index (χ0) is 12.4. The van der Waals surface area contributed by atoms with Crippen molar-refractivity contribution in [3.63, 3.8) is 0 Å². The molecular weight excluding hydrogens is 228 g/mol. The first-order chi connectivity index (χ1) is 8.83. The molecule has 0 aromatic carbocycles. The smallest absolute Gasteiger partial charge is 0.203 e. The number of aryl methyl sites for hydroxylation is 1. The number of anilines is 1. The largest absolute Gasteiger partial charge is 0.361 e. The Morgan fingerprint density at radius 2 is 2.28 bits per heavy atom. The van der Waals surface area contributed by atoms with Gasteiger partial charge in [0.1, 0.15) is 6.33 Å². The lowest BCUT2D eigenvalue weighted by atomic mass is 10.3. The molecular formula is C12H12N6. The predicted octanol–water partition coefficient (Wildman–Crippen LogP) is 1.44. The summed E-state index contributed by atoms with van der Waals surface area (Å²) in [5.74, 6) is 0.707. The molecule has 0 fully saturated rings. The zero-order valence-electron chi connectivity index (χ0n) is 9.91. The van der Waals surface area contributed by atoms with Crippen LogP contribution in [0.5, 0.6) is 0 Å². The first-order valence-corrected chi connectivity index (χ1v) is 5.64. The van der Waals surface area contributed by atoms with Crippen molar-refractivity contribution >= 4 is 11.5 Å². The Kier molecular flexibility index (Phi) is 2.60. The quantitative estimate of drug-likeness (QED) is 0.750. The minimum absolute atomic E-state index is 0.612. The van der Waals surface area contributed by atoms with E-state index in [1.165, 1.54) is 0 Å². The molecule has 0 unspecified atom stereocenters. The third-order valence-electron chi connectivity index (χ3n) is 2.60. The molecule has 0 saturated carbocycles. The van der Waals surface area contributed by atoms with Crippen LogP contribution in [0, 0.1) is 6.92 Å². The van der Waals surface area contributed by atoms with Crippen molar-refractivity contribution in [1.82, 2.24) is 24.6 Å². The van der Waals surface area contributed by atoms with Crippen LogP contribution >= 0.6 is 0 Å². The summed E-state index contributed by atoms with van der Waals surface area (Å²) < 4.78 is 1.82. The highest BCUT2D eigenvalue weighted by Gasteiger charge is 2.04. The molecule has 0 atom stereocenters. The Balaban J connectivity index is 1.83. The standard InChI is InChI=1S/C12H12N6/c1-9-3-2-4-10(16-9)7-14-11-12-17-15-8-18(12)6-5-13-11/h2-6,8H,7H2,1H3,(H,13,14). The van der Waals surface area contributed by atoms with Gasteiger partial charge < -0.3 is 5.32 Å². The van der Waals surface area contributed by atoms with Crippen LogP contribution in [-0.2, 0) is 6.54 Å². The highest BCUT2D eigenvalue weighted by molar-refractivity contribution is 5.61. The summed E-state index contributed by atoms with van der Waals surface area (Å²) in [6, 6.07) is 5.94. The van der Waals surface area contributed by atoms with Gasteiger partial charge in [0.05, 0.1) is 12.2 Å². The van der Waals surface area contributed by atoms with Crippen LogP contribution in [0.1, 0.15) is 11.4 Å². The molecule has 6 heteroatoms. The van der Waals surface area contributed by atoms with E-state index in [1.54, 1.807) is 12.5 Å². The highest BCUT2D eigenvalue weighted by atomic mass is 15.2. The molecule has 18 heavy (non-hydrogen) atoms. The fourth-order valence-corrected chi connectivity index (χ4v) is 1.76. The Hall–Kier alpha value is -2.50. The number of nitrogens with one attached hydrogen (secondary N) is 1. The van der Waals surface area contributed by atoms with Gasteiger partial charge in [0, 0.05) is 18.1 Å². The summed E-state index contributed by atoms with van der Waals surface area (Å²) in [5.41, 5.74) is 2.69. The van der Waals surface area contributed by atoms with Crippen molar-refractivity contribution in [2.45, 2.75) is 13.5 Å². The first kappa shape index (κ1) is 10.6. The van der Waals surface area contributed by atoms with Gasteiger partial charge in [-0.15, -0.1) is 10.2 Å². The van der Waals surface area contributed by atoms with E-state index in [-0.39, 0.29) is 0 Å². The van der Waals surface area contributed by atoms with Gasteiger partial charge >= 0.3 is 0 Å². The van der Waals surface area contributed by atoms with E-state index in [4.69, 9.17) is 0 Å². The van der Waals surface area contributed by atoms with Crippen molar-refractivity contribution in [2.75, 3.05) is 5.32 Å². The van der Waals surface area contributed by atoms with Crippen molar-refractivity contribution in [3.8, 4) is 0 Å². The van der Waals surface area contributed by atoms with Crippen LogP contribution in [0.3, 0.4) is 0 Å². The van der Waals surface area contributed by atoms with Crippen molar-refractivity contribution in [3.05, 3.63) is 48.3 Å². The Morgan fingerprint density at radius 1 is 1.33 bits per heavy atom. The Bertz CT molecular complexity index is 675. The van der Waals surface area contributed by atoms with E-state index >= 15 is 0 Å². The normalized spacial score (nSPS) is 10.7. The molecule has 0 radical (unpaired) electrons. The molecule has 0 amide bonds. The molecule has 0 aliphatic rings. The second-order valence-electron chi connectivity index (χ2n) is 3.96. The second kappa shape index (κ2) is 4.40. The van der Waals surface area contributed by atoms with Crippen LogP contribution < -0.4 is 5.32 Å². The number of nitrogens with zero attached hydrogens (tertiary/aromatic N) is 5. The monoisotopic (exact) mass is 240 g/mol. The van der Waals surface area contributed by atoms with Gasteiger partial charge in [-0.3, -0.25) is 9.38 Å². The maximum Gasteiger partial charge on any atom is 0.203 e. The topological polar surface area (TPSA) is 68.0 Å². The molecule has 0 aliphatic heterocycles. The molecule has 0 aliphatic carbocycles. The van der Waals surface area contributed by atoms with E-state index < -0.39 is 0 Å². The van der Waals surface area contributed by atoms with Crippen molar-refractivity contribution in [1.29, 1.82) is 0 Å². The molecule has 0 saturated heterocycles. The van der Waals surface area contributed by atoms with E-state index in [9.17, 15) is 0 Å². The lowest BCUT2D eigenvalue weighted by Gasteiger charge is -2.06. The molecule has 3 aromatic heterocycles. The molecule has 0 spiro atoms. The van der Waals surface area contributed by atoms with Gasteiger partial charge in [-0.1, -0.05) is 6.07 Å². The molecule has 3 rings (SSSR count). The van der Waals surface area contributed by atoms with Crippen molar-refractivity contribution in [2.24, 2.45) is 0 Å². The molecule has 3 heterocycles. The number of pyridine rings is 1. The van der Waals surface area contributed by atoms with Crippen LogP contribution in [0.15, 0.2) is 36.9 Å². The van der Waals surface area contributed by atoms with Crippen molar-refractivity contribution < 1.29 is 0 Å². The molecule has 3 aromatic rings.